The number of fused-ring (bicyclic) bond motifs is 1. The molecule has 1 aromatic heterocycles. The summed E-state index contributed by atoms with van der Waals surface area (Å²) in [6.45, 7) is 1.64. The topological polar surface area (TPSA) is 90.5 Å². The van der Waals surface area contributed by atoms with Gasteiger partial charge in [-0.1, -0.05) is 12.1 Å². The number of nitrogens with zero attached hydrogens (tertiary/aromatic N) is 1. The first-order chi connectivity index (χ1) is 12.5. The third kappa shape index (κ3) is 3.51. The van der Waals surface area contributed by atoms with Gasteiger partial charge in [0.1, 0.15) is 11.5 Å². The second-order valence-corrected chi connectivity index (χ2v) is 5.62. The van der Waals surface area contributed by atoms with Gasteiger partial charge >= 0.3 is 5.97 Å². The zero-order valence-electron chi connectivity index (χ0n) is 14.6. The molecule has 0 amide bonds. The number of ether oxygens (including phenoxy) is 3. The monoisotopic (exact) mass is 354 g/mol. The summed E-state index contributed by atoms with van der Waals surface area (Å²) in [4.78, 5) is 31.6. The molecule has 0 fully saturated rings. The summed E-state index contributed by atoms with van der Waals surface area (Å²) >= 11 is 0. The maximum absolute atomic E-state index is 12.5. The Morgan fingerprint density at radius 2 is 1.73 bits per heavy atom. The Balaban J connectivity index is 1.87. The van der Waals surface area contributed by atoms with E-state index in [1.54, 1.807) is 49.4 Å². The molecule has 7 heteroatoms. The quantitative estimate of drug-likeness (QED) is 0.709. The van der Waals surface area contributed by atoms with E-state index >= 15 is 0 Å². The molecular formula is C19H18N2O5. The van der Waals surface area contributed by atoms with Crippen LogP contribution in [0.4, 0.5) is 0 Å². The van der Waals surface area contributed by atoms with Crippen molar-refractivity contribution >= 4 is 16.9 Å². The molecule has 1 N–H and O–H groups in total. The average molecular weight is 354 g/mol. The fourth-order valence-corrected chi connectivity index (χ4v) is 2.51. The van der Waals surface area contributed by atoms with Crippen LogP contribution in [0.25, 0.3) is 10.9 Å². The lowest BCUT2D eigenvalue weighted by atomic mass is 10.2. The van der Waals surface area contributed by atoms with Gasteiger partial charge < -0.3 is 19.2 Å². The smallest absolute Gasteiger partial charge is 0.339 e. The molecule has 0 radical (unpaired) electrons. The standard InChI is InChI=1S/C19H18N2O5/c1-11(17-20-16-7-5-4-6-15(16)18(22)21-17)26-19(23)12-8-13(24-2)10-14(9-12)25-3/h4-11H,1-3H3,(H,20,21,22). The van der Waals surface area contributed by atoms with Gasteiger partial charge in [-0.15, -0.1) is 0 Å². The Morgan fingerprint density at radius 1 is 1.08 bits per heavy atom. The molecule has 0 aliphatic rings. The molecular weight excluding hydrogens is 336 g/mol. The van der Waals surface area contributed by atoms with Gasteiger partial charge in [0.05, 0.1) is 30.7 Å². The highest BCUT2D eigenvalue weighted by Crippen LogP contribution is 2.24. The molecule has 1 heterocycles. The fraction of sp³-hybridized carbons (Fsp3) is 0.211. The first-order valence-electron chi connectivity index (χ1n) is 7.95. The number of carbonyl (C=O) groups is 1. The summed E-state index contributed by atoms with van der Waals surface area (Å²) in [5.74, 6) is 0.643. The van der Waals surface area contributed by atoms with E-state index in [-0.39, 0.29) is 16.9 Å². The maximum atomic E-state index is 12.5. The average Bonchev–Trinajstić information content (AvgIpc) is 2.67. The van der Waals surface area contributed by atoms with Crippen molar-refractivity contribution in [3.63, 3.8) is 0 Å². The van der Waals surface area contributed by atoms with Crippen LogP contribution in [0.3, 0.4) is 0 Å². The Morgan fingerprint density at radius 3 is 2.38 bits per heavy atom. The minimum atomic E-state index is -0.739. The molecule has 0 bridgehead atoms. The number of hydrogen-bond acceptors (Lipinski definition) is 6. The molecule has 2 aromatic carbocycles. The molecule has 1 unspecified atom stereocenters. The molecule has 3 aromatic rings. The maximum Gasteiger partial charge on any atom is 0.339 e. The van der Waals surface area contributed by atoms with Crippen LogP contribution >= 0.6 is 0 Å². The number of esters is 1. The first kappa shape index (κ1) is 17.5. The number of methoxy groups -OCH3 is 2. The molecule has 0 saturated heterocycles. The minimum Gasteiger partial charge on any atom is -0.497 e. The van der Waals surface area contributed by atoms with Crippen molar-refractivity contribution in [2.75, 3.05) is 14.2 Å². The Kier molecular flexibility index (Phi) is 4.88. The normalized spacial score (nSPS) is 11.8. The van der Waals surface area contributed by atoms with E-state index < -0.39 is 12.1 Å². The van der Waals surface area contributed by atoms with Gasteiger partial charge in [-0.25, -0.2) is 9.78 Å². The van der Waals surface area contributed by atoms with E-state index in [1.807, 2.05) is 0 Å². The number of H-pyrrole nitrogens is 1. The van der Waals surface area contributed by atoms with Crippen molar-refractivity contribution in [2.45, 2.75) is 13.0 Å². The van der Waals surface area contributed by atoms with E-state index in [9.17, 15) is 9.59 Å². The number of para-hydroxylation sites is 1. The van der Waals surface area contributed by atoms with E-state index in [1.165, 1.54) is 14.2 Å². The summed E-state index contributed by atoms with van der Waals surface area (Å²) in [5, 5.41) is 0.479. The lowest BCUT2D eigenvalue weighted by Crippen LogP contribution is -2.17. The van der Waals surface area contributed by atoms with E-state index in [2.05, 4.69) is 9.97 Å². The molecule has 7 nitrogen and oxygen atoms in total. The minimum absolute atomic E-state index is 0.274. The second kappa shape index (κ2) is 7.26. The van der Waals surface area contributed by atoms with E-state index in [0.29, 0.717) is 22.4 Å². The van der Waals surface area contributed by atoms with Crippen LogP contribution in [0.2, 0.25) is 0 Å². The molecule has 134 valence electrons. The highest BCUT2D eigenvalue weighted by Gasteiger charge is 2.18. The van der Waals surface area contributed by atoms with Crippen LogP contribution in [-0.2, 0) is 4.74 Å². The van der Waals surface area contributed by atoms with E-state index in [0.717, 1.165) is 0 Å². The van der Waals surface area contributed by atoms with Gasteiger partial charge in [0.2, 0.25) is 0 Å². The Labute approximate surface area is 149 Å². The number of hydrogen-bond donors (Lipinski definition) is 1. The number of benzene rings is 2. The predicted octanol–water partition coefficient (Wildman–Crippen LogP) is 2.86. The van der Waals surface area contributed by atoms with Crippen LogP contribution in [-0.4, -0.2) is 30.2 Å². The summed E-state index contributed by atoms with van der Waals surface area (Å²) in [6.07, 6.45) is -0.739. The Hall–Kier alpha value is -3.35. The van der Waals surface area contributed by atoms with E-state index in [4.69, 9.17) is 14.2 Å². The highest BCUT2D eigenvalue weighted by molar-refractivity contribution is 5.90. The number of carbonyl (C=O) groups excluding carboxylic acids is 1. The van der Waals surface area contributed by atoms with Crippen LogP contribution in [0.1, 0.15) is 29.2 Å². The molecule has 26 heavy (non-hydrogen) atoms. The van der Waals surface area contributed by atoms with Gasteiger partial charge in [0.25, 0.3) is 5.56 Å². The summed E-state index contributed by atoms with van der Waals surface area (Å²) in [5.41, 5.74) is 0.532. The summed E-state index contributed by atoms with van der Waals surface area (Å²) in [7, 11) is 2.99. The lowest BCUT2D eigenvalue weighted by molar-refractivity contribution is 0.0319. The predicted molar refractivity (Wildman–Crippen MR) is 95.7 cm³/mol. The van der Waals surface area contributed by atoms with Gasteiger partial charge in [0.15, 0.2) is 11.9 Å². The van der Waals surface area contributed by atoms with Crippen LogP contribution in [0.5, 0.6) is 11.5 Å². The number of aromatic nitrogens is 2. The SMILES string of the molecule is COc1cc(OC)cc(C(=O)OC(C)c2nc3ccccc3c(=O)[nH]2)c1. The lowest BCUT2D eigenvalue weighted by Gasteiger charge is -2.14. The molecule has 1 atom stereocenters. The zero-order chi connectivity index (χ0) is 18.7. The number of aromatic amines is 1. The third-order valence-electron chi connectivity index (χ3n) is 3.89. The molecule has 0 spiro atoms. The molecule has 0 aliphatic heterocycles. The summed E-state index contributed by atoms with van der Waals surface area (Å²) < 4.78 is 15.7. The highest BCUT2D eigenvalue weighted by atomic mass is 16.5. The molecule has 3 rings (SSSR count). The van der Waals surface area contributed by atoms with Crippen molar-refractivity contribution < 1.29 is 19.0 Å². The van der Waals surface area contributed by atoms with Crippen molar-refractivity contribution in [1.29, 1.82) is 0 Å². The van der Waals surface area contributed by atoms with Crippen LogP contribution in [0.15, 0.2) is 47.3 Å². The van der Waals surface area contributed by atoms with Crippen LogP contribution < -0.4 is 15.0 Å². The summed E-state index contributed by atoms with van der Waals surface area (Å²) in [6, 6.07) is 11.7. The van der Waals surface area contributed by atoms with Gasteiger partial charge in [-0.05, 0) is 31.2 Å². The van der Waals surface area contributed by atoms with Crippen molar-refractivity contribution in [2.24, 2.45) is 0 Å². The van der Waals surface area contributed by atoms with Crippen molar-refractivity contribution in [3.05, 3.63) is 64.2 Å². The first-order valence-corrected chi connectivity index (χ1v) is 7.95. The molecule has 0 aliphatic carbocycles. The third-order valence-corrected chi connectivity index (χ3v) is 3.89. The van der Waals surface area contributed by atoms with Crippen molar-refractivity contribution in [1.82, 2.24) is 9.97 Å². The van der Waals surface area contributed by atoms with Gasteiger partial charge in [-0.3, -0.25) is 4.79 Å². The largest absolute Gasteiger partial charge is 0.497 e. The Bertz CT molecular complexity index is 990. The number of rotatable bonds is 5. The van der Waals surface area contributed by atoms with Gasteiger partial charge in [0, 0.05) is 6.07 Å². The van der Waals surface area contributed by atoms with Crippen molar-refractivity contribution in [3.8, 4) is 11.5 Å². The van der Waals surface area contributed by atoms with Crippen LogP contribution in [0, 0.1) is 0 Å². The number of nitrogens with one attached hydrogen (secondary N) is 1. The van der Waals surface area contributed by atoms with Gasteiger partial charge in [-0.2, -0.15) is 0 Å². The zero-order valence-corrected chi connectivity index (χ0v) is 14.6. The molecule has 0 saturated carbocycles. The fourth-order valence-electron chi connectivity index (χ4n) is 2.51. The second-order valence-electron chi connectivity index (χ2n) is 5.62.